The van der Waals surface area contributed by atoms with Crippen LogP contribution >= 0.6 is 0 Å². The smallest absolute Gasteiger partial charge is 0.122 e. The Labute approximate surface area is 97.8 Å². The third-order valence-electron chi connectivity index (χ3n) is 3.26. The number of hydrogen-bond acceptors (Lipinski definition) is 2. The van der Waals surface area contributed by atoms with E-state index in [0.717, 1.165) is 18.8 Å². The predicted octanol–water partition coefficient (Wildman–Crippen LogP) is 2.93. The molecule has 3 unspecified atom stereocenters. The highest BCUT2D eigenvalue weighted by molar-refractivity contribution is 5.39. The fraction of sp³-hybridized carbons (Fsp3) is 0.571. The SMILES string of the molecule is CC(N)CC(C)CC1COc2ccccc21. The van der Waals surface area contributed by atoms with Crippen molar-refractivity contribution >= 4 is 0 Å². The Balaban J connectivity index is 1.98. The first-order valence-corrected chi connectivity index (χ1v) is 6.14. The van der Waals surface area contributed by atoms with E-state index in [0.29, 0.717) is 17.9 Å². The van der Waals surface area contributed by atoms with E-state index in [4.69, 9.17) is 10.5 Å². The Bertz CT molecular complexity index is 348. The van der Waals surface area contributed by atoms with Crippen LogP contribution in [0.3, 0.4) is 0 Å². The molecule has 0 radical (unpaired) electrons. The second kappa shape index (κ2) is 4.88. The van der Waals surface area contributed by atoms with E-state index >= 15 is 0 Å². The molecule has 1 aliphatic heterocycles. The van der Waals surface area contributed by atoms with E-state index in [1.807, 2.05) is 6.07 Å². The van der Waals surface area contributed by atoms with Crippen molar-refractivity contribution in [3.63, 3.8) is 0 Å². The summed E-state index contributed by atoms with van der Waals surface area (Å²) in [5.74, 6) is 2.30. The van der Waals surface area contributed by atoms with Crippen LogP contribution in [0.15, 0.2) is 24.3 Å². The van der Waals surface area contributed by atoms with Gasteiger partial charge in [0.05, 0.1) is 6.61 Å². The molecule has 0 saturated heterocycles. The van der Waals surface area contributed by atoms with Gasteiger partial charge < -0.3 is 10.5 Å². The largest absolute Gasteiger partial charge is 0.493 e. The normalized spacial score (nSPS) is 22.3. The second-order valence-corrected chi connectivity index (χ2v) is 5.10. The van der Waals surface area contributed by atoms with Gasteiger partial charge in [0.15, 0.2) is 0 Å². The summed E-state index contributed by atoms with van der Waals surface area (Å²) in [6, 6.07) is 8.67. The van der Waals surface area contributed by atoms with E-state index in [-0.39, 0.29) is 0 Å². The molecule has 2 heteroatoms. The van der Waals surface area contributed by atoms with Crippen LogP contribution in [-0.2, 0) is 0 Å². The third kappa shape index (κ3) is 2.56. The van der Waals surface area contributed by atoms with Gasteiger partial charge in [0, 0.05) is 17.5 Å². The van der Waals surface area contributed by atoms with Crippen molar-refractivity contribution in [2.75, 3.05) is 6.61 Å². The Morgan fingerprint density at radius 1 is 1.38 bits per heavy atom. The topological polar surface area (TPSA) is 35.2 Å². The number of hydrogen-bond donors (Lipinski definition) is 1. The van der Waals surface area contributed by atoms with E-state index in [1.54, 1.807) is 0 Å². The number of fused-ring (bicyclic) bond motifs is 1. The molecular weight excluding hydrogens is 198 g/mol. The van der Waals surface area contributed by atoms with Crippen LogP contribution in [0.25, 0.3) is 0 Å². The molecule has 1 heterocycles. The van der Waals surface area contributed by atoms with Gasteiger partial charge >= 0.3 is 0 Å². The molecule has 1 aliphatic rings. The van der Waals surface area contributed by atoms with E-state index < -0.39 is 0 Å². The van der Waals surface area contributed by atoms with Gasteiger partial charge in [-0.05, 0) is 31.7 Å². The molecule has 0 amide bonds. The molecule has 0 bridgehead atoms. The van der Waals surface area contributed by atoms with Gasteiger partial charge in [0.25, 0.3) is 0 Å². The molecule has 0 spiro atoms. The average molecular weight is 219 g/mol. The molecule has 0 fully saturated rings. The zero-order valence-corrected chi connectivity index (χ0v) is 10.1. The lowest BCUT2D eigenvalue weighted by Crippen LogP contribution is -2.19. The summed E-state index contributed by atoms with van der Waals surface area (Å²) in [6.07, 6.45) is 2.28. The number of rotatable bonds is 4. The molecule has 16 heavy (non-hydrogen) atoms. The molecule has 0 aliphatic carbocycles. The summed E-state index contributed by atoms with van der Waals surface area (Å²) in [4.78, 5) is 0. The van der Waals surface area contributed by atoms with Gasteiger partial charge in [-0.3, -0.25) is 0 Å². The van der Waals surface area contributed by atoms with Crippen molar-refractivity contribution in [2.24, 2.45) is 11.7 Å². The minimum Gasteiger partial charge on any atom is -0.493 e. The molecule has 2 N–H and O–H groups in total. The fourth-order valence-electron chi connectivity index (χ4n) is 2.64. The standard InChI is InChI=1S/C14H21NO/c1-10(7-11(2)15)8-12-9-16-14-6-4-3-5-13(12)14/h3-6,10-12H,7-9,15H2,1-2H3. The summed E-state index contributed by atoms with van der Waals surface area (Å²) in [6.45, 7) is 5.20. The van der Waals surface area contributed by atoms with Crippen molar-refractivity contribution in [3.8, 4) is 5.75 Å². The molecule has 2 rings (SSSR count). The lowest BCUT2D eigenvalue weighted by Gasteiger charge is -2.17. The van der Waals surface area contributed by atoms with Crippen LogP contribution in [0.5, 0.6) is 5.75 Å². The molecule has 0 aromatic heterocycles. The lowest BCUT2D eigenvalue weighted by atomic mass is 9.88. The van der Waals surface area contributed by atoms with Crippen molar-refractivity contribution in [1.29, 1.82) is 0 Å². The van der Waals surface area contributed by atoms with E-state index in [2.05, 4.69) is 32.0 Å². The van der Waals surface area contributed by atoms with Crippen molar-refractivity contribution in [3.05, 3.63) is 29.8 Å². The van der Waals surface area contributed by atoms with Gasteiger partial charge in [-0.1, -0.05) is 25.1 Å². The zero-order valence-electron chi connectivity index (χ0n) is 10.1. The summed E-state index contributed by atoms with van der Waals surface area (Å²) < 4.78 is 5.69. The van der Waals surface area contributed by atoms with Crippen molar-refractivity contribution in [1.82, 2.24) is 0 Å². The Hall–Kier alpha value is -1.02. The Morgan fingerprint density at radius 3 is 2.88 bits per heavy atom. The average Bonchev–Trinajstić information content (AvgIpc) is 2.61. The summed E-state index contributed by atoms with van der Waals surface area (Å²) in [5.41, 5.74) is 7.21. The van der Waals surface area contributed by atoms with Gasteiger partial charge in [-0.2, -0.15) is 0 Å². The van der Waals surface area contributed by atoms with Crippen LogP contribution in [0.4, 0.5) is 0 Å². The van der Waals surface area contributed by atoms with Crippen LogP contribution in [0.1, 0.15) is 38.2 Å². The summed E-state index contributed by atoms with van der Waals surface area (Å²) >= 11 is 0. The maximum Gasteiger partial charge on any atom is 0.122 e. The van der Waals surface area contributed by atoms with Gasteiger partial charge in [0.1, 0.15) is 5.75 Å². The van der Waals surface area contributed by atoms with Crippen molar-refractivity contribution < 1.29 is 4.74 Å². The molecule has 1 aromatic rings. The number of ether oxygens (including phenoxy) is 1. The zero-order chi connectivity index (χ0) is 11.5. The van der Waals surface area contributed by atoms with E-state index in [9.17, 15) is 0 Å². The number of para-hydroxylation sites is 1. The minimum atomic E-state index is 0.299. The fourth-order valence-corrected chi connectivity index (χ4v) is 2.64. The Morgan fingerprint density at radius 2 is 2.12 bits per heavy atom. The monoisotopic (exact) mass is 219 g/mol. The third-order valence-corrected chi connectivity index (χ3v) is 3.26. The number of benzene rings is 1. The highest BCUT2D eigenvalue weighted by Gasteiger charge is 2.25. The number of nitrogens with two attached hydrogens (primary N) is 1. The Kier molecular flexibility index (Phi) is 3.49. The van der Waals surface area contributed by atoms with Crippen molar-refractivity contribution in [2.45, 2.75) is 38.6 Å². The van der Waals surface area contributed by atoms with Gasteiger partial charge in [0.2, 0.25) is 0 Å². The van der Waals surface area contributed by atoms with Crippen LogP contribution < -0.4 is 10.5 Å². The molecule has 0 saturated carbocycles. The molecule has 2 nitrogen and oxygen atoms in total. The maximum atomic E-state index is 5.83. The van der Waals surface area contributed by atoms with Crippen LogP contribution in [-0.4, -0.2) is 12.6 Å². The molecule has 88 valence electrons. The van der Waals surface area contributed by atoms with Gasteiger partial charge in [-0.25, -0.2) is 0 Å². The summed E-state index contributed by atoms with van der Waals surface area (Å²) in [5, 5.41) is 0. The quantitative estimate of drug-likeness (QED) is 0.845. The minimum absolute atomic E-state index is 0.299. The maximum absolute atomic E-state index is 5.83. The molecule has 3 atom stereocenters. The molecule has 1 aromatic carbocycles. The first-order valence-electron chi connectivity index (χ1n) is 6.14. The lowest BCUT2D eigenvalue weighted by molar-refractivity contribution is 0.303. The predicted molar refractivity (Wildman–Crippen MR) is 66.7 cm³/mol. The van der Waals surface area contributed by atoms with E-state index in [1.165, 1.54) is 12.0 Å². The van der Waals surface area contributed by atoms with Crippen LogP contribution in [0.2, 0.25) is 0 Å². The molecular formula is C14H21NO. The summed E-state index contributed by atoms with van der Waals surface area (Å²) in [7, 11) is 0. The first kappa shape index (κ1) is 11.5. The first-order chi connectivity index (χ1) is 7.66. The van der Waals surface area contributed by atoms with Gasteiger partial charge in [-0.15, -0.1) is 0 Å². The highest BCUT2D eigenvalue weighted by atomic mass is 16.5. The second-order valence-electron chi connectivity index (χ2n) is 5.10. The highest BCUT2D eigenvalue weighted by Crippen LogP contribution is 2.37. The van der Waals surface area contributed by atoms with Crippen LogP contribution in [0, 0.1) is 5.92 Å².